The third kappa shape index (κ3) is 4.22. The number of aryl methyl sites for hydroxylation is 1. The molecule has 32 heavy (non-hydrogen) atoms. The van der Waals surface area contributed by atoms with Gasteiger partial charge in [0.25, 0.3) is 5.91 Å². The number of benzene rings is 1. The van der Waals surface area contributed by atoms with Crippen molar-refractivity contribution in [1.82, 2.24) is 24.4 Å². The summed E-state index contributed by atoms with van der Waals surface area (Å²) in [6.07, 6.45) is 3.39. The van der Waals surface area contributed by atoms with E-state index in [1.165, 1.54) is 0 Å². The maximum atomic E-state index is 12.9. The van der Waals surface area contributed by atoms with E-state index in [1.807, 2.05) is 51.1 Å². The predicted molar refractivity (Wildman–Crippen MR) is 119 cm³/mol. The summed E-state index contributed by atoms with van der Waals surface area (Å²) in [7, 11) is 0. The molecule has 3 heterocycles. The average molecular weight is 432 g/mol. The van der Waals surface area contributed by atoms with E-state index < -0.39 is 0 Å². The third-order valence-corrected chi connectivity index (χ3v) is 5.28. The Hall–Kier alpha value is -4.01. The molecule has 0 radical (unpaired) electrons. The molecule has 3 aromatic heterocycles. The van der Waals surface area contributed by atoms with Crippen molar-refractivity contribution in [3.8, 4) is 11.4 Å². The summed E-state index contributed by atoms with van der Waals surface area (Å²) < 4.78 is 7.01. The lowest BCUT2D eigenvalue weighted by Gasteiger charge is -2.17. The van der Waals surface area contributed by atoms with Gasteiger partial charge in [0, 0.05) is 30.5 Å². The fraction of sp³-hybridized carbons (Fsp3) is 0.261. The van der Waals surface area contributed by atoms with Crippen LogP contribution in [0.15, 0.2) is 53.3 Å². The Morgan fingerprint density at radius 3 is 2.75 bits per heavy atom. The molecule has 0 fully saturated rings. The Kier molecular flexibility index (Phi) is 5.98. The molecular formula is C23H24N6O3. The largest absolute Gasteiger partial charge is 0.343 e. The molecule has 0 atom stereocenters. The number of nitrogens with one attached hydrogen (secondary N) is 1. The van der Waals surface area contributed by atoms with E-state index in [9.17, 15) is 9.59 Å². The topological polar surface area (TPSA) is 106 Å². The van der Waals surface area contributed by atoms with Crippen molar-refractivity contribution in [2.24, 2.45) is 0 Å². The second kappa shape index (κ2) is 9.01. The molecule has 0 saturated carbocycles. The predicted octanol–water partition coefficient (Wildman–Crippen LogP) is 3.36. The number of fused-ring (bicyclic) bond motifs is 1. The second-order valence-corrected chi connectivity index (χ2v) is 7.31. The van der Waals surface area contributed by atoms with Crippen LogP contribution in [-0.2, 0) is 11.2 Å². The summed E-state index contributed by atoms with van der Waals surface area (Å²) >= 11 is 0. The van der Waals surface area contributed by atoms with Crippen LogP contribution in [0, 0.1) is 6.92 Å². The van der Waals surface area contributed by atoms with Gasteiger partial charge in [-0.05, 0) is 44.5 Å². The minimum Gasteiger partial charge on any atom is -0.343 e. The molecule has 164 valence electrons. The lowest BCUT2D eigenvalue weighted by molar-refractivity contribution is -0.130. The Balaban J connectivity index is 1.54. The van der Waals surface area contributed by atoms with Gasteiger partial charge in [0.1, 0.15) is 17.8 Å². The highest BCUT2D eigenvalue weighted by molar-refractivity contribution is 6.04. The number of hydrogen-bond donors (Lipinski definition) is 1. The molecule has 0 aliphatic heterocycles. The van der Waals surface area contributed by atoms with Crippen LogP contribution in [0.3, 0.4) is 0 Å². The minimum atomic E-state index is -0.275. The zero-order valence-corrected chi connectivity index (χ0v) is 18.2. The molecule has 4 rings (SSSR count). The first-order chi connectivity index (χ1) is 15.5. The number of hydrogen-bond acceptors (Lipinski definition) is 6. The molecule has 1 aromatic carbocycles. The minimum absolute atomic E-state index is 0.0540. The standard InChI is InChI=1S/C23H24N6O3/c1-4-28(5-2)21(30)13-20-26-22(27-32-20)16-10-9-15(3)17(12-16)25-23(31)18-14-24-19-8-6-7-11-29(18)19/h6-12,14H,4-5,13H2,1-3H3,(H,25,31). The van der Waals surface area contributed by atoms with Crippen LogP contribution in [0.25, 0.3) is 17.0 Å². The van der Waals surface area contributed by atoms with E-state index in [4.69, 9.17) is 4.52 Å². The number of aromatic nitrogens is 4. The van der Waals surface area contributed by atoms with Gasteiger partial charge in [0.05, 0.1) is 6.20 Å². The first kappa shape index (κ1) is 21.2. The molecule has 0 spiro atoms. The van der Waals surface area contributed by atoms with Gasteiger partial charge in [0.2, 0.25) is 17.6 Å². The smallest absolute Gasteiger partial charge is 0.274 e. The van der Waals surface area contributed by atoms with Crippen molar-refractivity contribution in [1.29, 1.82) is 0 Å². The number of rotatable bonds is 7. The SMILES string of the molecule is CCN(CC)C(=O)Cc1nc(-c2ccc(C)c(NC(=O)c3cnc4ccccn34)c2)no1. The first-order valence-corrected chi connectivity index (χ1v) is 10.4. The van der Waals surface area contributed by atoms with E-state index >= 15 is 0 Å². The van der Waals surface area contributed by atoms with Crippen molar-refractivity contribution in [2.75, 3.05) is 18.4 Å². The molecule has 2 amide bonds. The number of imidazole rings is 1. The second-order valence-electron chi connectivity index (χ2n) is 7.31. The van der Waals surface area contributed by atoms with Crippen LogP contribution in [-0.4, -0.2) is 49.3 Å². The monoisotopic (exact) mass is 432 g/mol. The number of carbonyl (C=O) groups excluding carboxylic acids is 2. The van der Waals surface area contributed by atoms with Gasteiger partial charge in [-0.15, -0.1) is 0 Å². The fourth-order valence-electron chi connectivity index (χ4n) is 3.44. The molecule has 0 aliphatic carbocycles. The quantitative estimate of drug-likeness (QED) is 0.480. The summed E-state index contributed by atoms with van der Waals surface area (Å²) in [5, 5.41) is 6.94. The van der Waals surface area contributed by atoms with E-state index in [2.05, 4.69) is 20.4 Å². The molecular weight excluding hydrogens is 408 g/mol. The number of nitrogens with zero attached hydrogens (tertiary/aromatic N) is 5. The number of amides is 2. The van der Waals surface area contributed by atoms with Crippen molar-refractivity contribution < 1.29 is 14.1 Å². The van der Waals surface area contributed by atoms with E-state index in [0.717, 1.165) is 5.56 Å². The Morgan fingerprint density at radius 2 is 1.97 bits per heavy atom. The van der Waals surface area contributed by atoms with Crippen LogP contribution in [0.5, 0.6) is 0 Å². The van der Waals surface area contributed by atoms with E-state index in [0.29, 0.717) is 41.5 Å². The summed E-state index contributed by atoms with van der Waals surface area (Å²) in [6, 6.07) is 11.1. The lowest BCUT2D eigenvalue weighted by Crippen LogP contribution is -2.31. The highest BCUT2D eigenvalue weighted by Crippen LogP contribution is 2.24. The van der Waals surface area contributed by atoms with Gasteiger partial charge in [-0.25, -0.2) is 4.98 Å². The van der Waals surface area contributed by atoms with E-state index in [-0.39, 0.29) is 24.1 Å². The zero-order chi connectivity index (χ0) is 22.7. The van der Waals surface area contributed by atoms with Crippen molar-refractivity contribution in [3.05, 3.63) is 65.9 Å². The van der Waals surface area contributed by atoms with Crippen LogP contribution < -0.4 is 5.32 Å². The lowest BCUT2D eigenvalue weighted by atomic mass is 10.1. The first-order valence-electron chi connectivity index (χ1n) is 10.4. The third-order valence-electron chi connectivity index (χ3n) is 5.28. The molecule has 1 N–H and O–H groups in total. The van der Waals surface area contributed by atoms with Crippen LogP contribution >= 0.6 is 0 Å². The van der Waals surface area contributed by atoms with Crippen LogP contribution in [0.1, 0.15) is 35.8 Å². The molecule has 4 aromatic rings. The van der Waals surface area contributed by atoms with Crippen LogP contribution in [0.4, 0.5) is 5.69 Å². The van der Waals surface area contributed by atoms with Gasteiger partial charge < -0.3 is 14.7 Å². The number of carbonyl (C=O) groups is 2. The van der Waals surface area contributed by atoms with Gasteiger partial charge in [-0.3, -0.25) is 14.0 Å². The zero-order valence-electron chi connectivity index (χ0n) is 18.2. The molecule has 9 nitrogen and oxygen atoms in total. The highest BCUT2D eigenvalue weighted by Gasteiger charge is 2.18. The van der Waals surface area contributed by atoms with Gasteiger partial charge >= 0.3 is 0 Å². The molecule has 9 heteroatoms. The van der Waals surface area contributed by atoms with Gasteiger partial charge in [-0.2, -0.15) is 4.98 Å². The van der Waals surface area contributed by atoms with Crippen molar-refractivity contribution >= 4 is 23.1 Å². The van der Waals surface area contributed by atoms with E-state index in [1.54, 1.807) is 27.8 Å². The maximum Gasteiger partial charge on any atom is 0.274 e. The number of pyridine rings is 1. The normalized spacial score (nSPS) is 11.0. The van der Waals surface area contributed by atoms with Gasteiger partial charge in [-0.1, -0.05) is 23.4 Å². The molecule has 0 saturated heterocycles. The number of likely N-dealkylation sites (N-methyl/N-ethyl adjacent to an activating group) is 1. The highest BCUT2D eigenvalue weighted by atomic mass is 16.5. The summed E-state index contributed by atoms with van der Waals surface area (Å²) in [5.41, 5.74) is 3.32. The fourth-order valence-corrected chi connectivity index (χ4v) is 3.44. The van der Waals surface area contributed by atoms with Crippen molar-refractivity contribution in [3.63, 3.8) is 0 Å². The maximum absolute atomic E-state index is 12.9. The Morgan fingerprint density at radius 1 is 1.16 bits per heavy atom. The Bertz CT molecular complexity index is 1270. The average Bonchev–Trinajstić information content (AvgIpc) is 3.43. The molecule has 0 aliphatic rings. The summed E-state index contributed by atoms with van der Waals surface area (Å²) in [6.45, 7) is 7.01. The molecule has 0 bridgehead atoms. The van der Waals surface area contributed by atoms with Crippen molar-refractivity contribution in [2.45, 2.75) is 27.2 Å². The number of anilines is 1. The van der Waals surface area contributed by atoms with Gasteiger partial charge in [0.15, 0.2) is 0 Å². The van der Waals surface area contributed by atoms with Crippen LogP contribution in [0.2, 0.25) is 0 Å². The summed E-state index contributed by atoms with van der Waals surface area (Å²) in [4.78, 5) is 35.5. The summed E-state index contributed by atoms with van der Waals surface area (Å²) in [5.74, 6) is 0.282. The Labute approximate surface area is 185 Å². The molecule has 0 unspecified atom stereocenters.